The van der Waals surface area contributed by atoms with Gasteiger partial charge in [0.05, 0.1) is 16.8 Å². The second kappa shape index (κ2) is 7.30. The third-order valence-corrected chi connectivity index (χ3v) is 4.46. The first kappa shape index (κ1) is 15.6. The number of rotatable bonds is 5. The number of nitrogens with one attached hydrogen (secondary N) is 1. The van der Waals surface area contributed by atoms with Crippen LogP contribution in [-0.4, -0.2) is 30.8 Å². The maximum absolute atomic E-state index is 9.66. The van der Waals surface area contributed by atoms with Crippen LogP contribution in [0.1, 0.15) is 32.3 Å². The molecule has 0 spiro atoms. The molecule has 2 rings (SSSR count). The first-order chi connectivity index (χ1) is 9.61. The molecule has 20 heavy (non-hydrogen) atoms. The number of nitrogens with zero attached hydrogens (tertiary/aromatic N) is 1. The van der Waals surface area contributed by atoms with E-state index in [0.29, 0.717) is 5.92 Å². The highest BCUT2D eigenvalue weighted by Crippen LogP contribution is 2.31. The number of benzene rings is 1. The van der Waals surface area contributed by atoms with E-state index in [2.05, 4.69) is 35.3 Å². The van der Waals surface area contributed by atoms with Gasteiger partial charge < -0.3 is 15.3 Å². The summed E-state index contributed by atoms with van der Waals surface area (Å²) in [6, 6.07) is 6.32. The molecule has 1 atom stereocenters. The highest BCUT2D eigenvalue weighted by atomic mass is 35.5. The van der Waals surface area contributed by atoms with Gasteiger partial charge in [-0.25, -0.2) is 0 Å². The monoisotopic (exact) mass is 296 g/mol. The van der Waals surface area contributed by atoms with E-state index in [0.717, 1.165) is 49.7 Å². The minimum atomic E-state index is -0.199. The maximum Gasteiger partial charge on any atom is 0.0642 e. The molecular weight excluding hydrogens is 272 g/mol. The van der Waals surface area contributed by atoms with Gasteiger partial charge in [-0.15, -0.1) is 0 Å². The number of hydrogen-bond donors (Lipinski definition) is 2. The lowest BCUT2D eigenvalue weighted by molar-refractivity contribution is 0.110. The Morgan fingerprint density at radius 2 is 2.10 bits per heavy atom. The fourth-order valence-electron chi connectivity index (χ4n) is 2.81. The van der Waals surface area contributed by atoms with Crippen molar-refractivity contribution in [3.63, 3.8) is 0 Å². The average molecular weight is 297 g/mol. The van der Waals surface area contributed by atoms with Crippen molar-refractivity contribution < 1.29 is 5.11 Å². The number of hydrogen-bond acceptors (Lipinski definition) is 3. The van der Waals surface area contributed by atoms with Crippen LogP contribution in [0.15, 0.2) is 18.2 Å². The van der Waals surface area contributed by atoms with Crippen LogP contribution >= 0.6 is 11.6 Å². The fourth-order valence-corrected chi connectivity index (χ4v) is 3.13. The molecule has 0 bridgehead atoms. The summed E-state index contributed by atoms with van der Waals surface area (Å²) in [4.78, 5) is 2.33. The van der Waals surface area contributed by atoms with Gasteiger partial charge in [0.25, 0.3) is 0 Å². The van der Waals surface area contributed by atoms with Crippen molar-refractivity contribution in [1.29, 1.82) is 0 Å². The second-order valence-corrected chi connectivity index (χ2v) is 6.04. The molecule has 1 aliphatic rings. The molecule has 0 aromatic heterocycles. The third-order valence-electron chi connectivity index (χ3n) is 4.15. The molecule has 0 saturated carbocycles. The summed E-state index contributed by atoms with van der Waals surface area (Å²) in [5.41, 5.74) is 2.34. The quantitative estimate of drug-likeness (QED) is 0.877. The highest BCUT2D eigenvalue weighted by molar-refractivity contribution is 6.33. The zero-order chi connectivity index (χ0) is 14.5. The summed E-state index contributed by atoms with van der Waals surface area (Å²) in [6.45, 7) is 7.77. The van der Waals surface area contributed by atoms with Crippen LogP contribution in [0.5, 0.6) is 0 Å². The smallest absolute Gasteiger partial charge is 0.0642 e. The fraction of sp³-hybridized carbons (Fsp3) is 0.625. The summed E-state index contributed by atoms with van der Waals surface area (Å²) in [5, 5.41) is 13.8. The van der Waals surface area contributed by atoms with E-state index in [-0.39, 0.29) is 6.10 Å². The second-order valence-electron chi connectivity index (χ2n) is 5.63. The lowest BCUT2D eigenvalue weighted by atomic mass is 9.92. The SMILES string of the molecule is CCNCc1ccc(N2CCC(C(C)O)CC2)c(Cl)c1. The standard InChI is InChI=1S/C16H25ClN2O/c1-3-18-11-13-4-5-16(15(17)10-13)19-8-6-14(7-9-19)12(2)20/h4-5,10,12,14,18,20H,3,6-9,11H2,1-2H3. The van der Waals surface area contributed by atoms with E-state index in [1.165, 1.54) is 5.56 Å². The Morgan fingerprint density at radius 3 is 2.65 bits per heavy atom. The molecule has 0 amide bonds. The van der Waals surface area contributed by atoms with E-state index in [9.17, 15) is 5.11 Å². The van der Waals surface area contributed by atoms with Gasteiger partial charge in [-0.3, -0.25) is 0 Å². The molecule has 0 aliphatic carbocycles. The first-order valence-electron chi connectivity index (χ1n) is 7.54. The van der Waals surface area contributed by atoms with Crippen LogP contribution in [0.2, 0.25) is 5.02 Å². The number of anilines is 1. The van der Waals surface area contributed by atoms with E-state index in [1.807, 2.05) is 6.92 Å². The van der Waals surface area contributed by atoms with Crippen molar-refractivity contribution in [3.8, 4) is 0 Å². The average Bonchev–Trinajstić information content (AvgIpc) is 2.45. The molecule has 1 heterocycles. The van der Waals surface area contributed by atoms with Gasteiger partial charge in [0, 0.05) is 19.6 Å². The summed E-state index contributed by atoms with van der Waals surface area (Å²) in [7, 11) is 0. The summed E-state index contributed by atoms with van der Waals surface area (Å²) < 4.78 is 0. The molecule has 3 nitrogen and oxygen atoms in total. The summed E-state index contributed by atoms with van der Waals surface area (Å²) in [6.07, 6.45) is 1.87. The molecule has 2 N–H and O–H groups in total. The van der Waals surface area contributed by atoms with Crippen molar-refractivity contribution in [2.45, 2.75) is 39.3 Å². The molecule has 112 valence electrons. The predicted octanol–water partition coefficient (Wildman–Crippen LogP) is 3.05. The van der Waals surface area contributed by atoms with E-state index >= 15 is 0 Å². The molecule has 1 aromatic carbocycles. The molecule has 1 aromatic rings. The van der Waals surface area contributed by atoms with Gasteiger partial charge >= 0.3 is 0 Å². The number of aliphatic hydroxyl groups excluding tert-OH is 1. The minimum absolute atomic E-state index is 0.199. The maximum atomic E-state index is 9.66. The van der Waals surface area contributed by atoms with Crippen molar-refractivity contribution >= 4 is 17.3 Å². The van der Waals surface area contributed by atoms with Gasteiger partial charge in [-0.05, 0) is 49.9 Å². The van der Waals surface area contributed by atoms with Crippen LogP contribution in [0.25, 0.3) is 0 Å². The van der Waals surface area contributed by atoms with Gasteiger partial charge in [0.1, 0.15) is 0 Å². The lowest BCUT2D eigenvalue weighted by Gasteiger charge is -2.35. The Balaban J connectivity index is 1.99. The third kappa shape index (κ3) is 3.87. The summed E-state index contributed by atoms with van der Waals surface area (Å²) >= 11 is 6.42. The molecule has 1 unspecified atom stereocenters. The molecule has 1 fully saturated rings. The van der Waals surface area contributed by atoms with Crippen LogP contribution in [-0.2, 0) is 6.54 Å². The molecular formula is C16H25ClN2O. The van der Waals surface area contributed by atoms with Gasteiger partial charge in [-0.2, -0.15) is 0 Å². The van der Waals surface area contributed by atoms with Crippen molar-refractivity contribution in [2.24, 2.45) is 5.92 Å². The van der Waals surface area contributed by atoms with Gasteiger partial charge in [0.15, 0.2) is 0 Å². The van der Waals surface area contributed by atoms with Crippen LogP contribution in [0.3, 0.4) is 0 Å². The number of halogens is 1. The van der Waals surface area contributed by atoms with Crippen LogP contribution in [0.4, 0.5) is 5.69 Å². The molecule has 1 saturated heterocycles. The van der Waals surface area contributed by atoms with Crippen molar-refractivity contribution in [1.82, 2.24) is 5.32 Å². The van der Waals surface area contributed by atoms with E-state index < -0.39 is 0 Å². The van der Waals surface area contributed by atoms with Crippen LogP contribution < -0.4 is 10.2 Å². The predicted molar refractivity (Wildman–Crippen MR) is 85.5 cm³/mol. The van der Waals surface area contributed by atoms with Gasteiger partial charge in [-0.1, -0.05) is 24.6 Å². The number of piperidine rings is 1. The zero-order valence-electron chi connectivity index (χ0n) is 12.4. The first-order valence-corrected chi connectivity index (χ1v) is 7.91. The minimum Gasteiger partial charge on any atom is -0.393 e. The Labute approximate surface area is 126 Å². The number of aliphatic hydroxyl groups is 1. The Hall–Kier alpha value is -0.770. The van der Waals surface area contributed by atoms with Crippen LogP contribution in [0, 0.1) is 5.92 Å². The molecule has 1 aliphatic heterocycles. The largest absolute Gasteiger partial charge is 0.393 e. The Kier molecular flexibility index (Phi) is 5.70. The van der Waals surface area contributed by atoms with Crippen molar-refractivity contribution in [3.05, 3.63) is 28.8 Å². The topological polar surface area (TPSA) is 35.5 Å². The highest BCUT2D eigenvalue weighted by Gasteiger charge is 2.23. The Morgan fingerprint density at radius 1 is 1.40 bits per heavy atom. The van der Waals surface area contributed by atoms with E-state index in [1.54, 1.807) is 0 Å². The molecule has 0 radical (unpaired) electrons. The lowest BCUT2D eigenvalue weighted by Crippen LogP contribution is -2.37. The van der Waals surface area contributed by atoms with Crippen molar-refractivity contribution in [2.75, 3.05) is 24.5 Å². The zero-order valence-corrected chi connectivity index (χ0v) is 13.2. The Bertz CT molecular complexity index is 428. The molecule has 4 heteroatoms. The van der Waals surface area contributed by atoms with E-state index in [4.69, 9.17) is 11.6 Å². The van der Waals surface area contributed by atoms with Gasteiger partial charge in [0.2, 0.25) is 0 Å². The summed E-state index contributed by atoms with van der Waals surface area (Å²) in [5.74, 6) is 0.429. The normalized spacial score (nSPS) is 18.3.